The van der Waals surface area contributed by atoms with Crippen molar-refractivity contribution in [2.45, 2.75) is 20.4 Å². The number of benzene rings is 1. The van der Waals surface area contributed by atoms with Gasteiger partial charge in [-0.3, -0.25) is 4.98 Å². The second kappa shape index (κ2) is 3.39. The molecule has 2 nitrogen and oxygen atoms in total. The summed E-state index contributed by atoms with van der Waals surface area (Å²) >= 11 is 0. The van der Waals surface area contributed by atoms with Crippen molar-refractivity contribution in [3.63, 3.8) is 0 Å². The Hall–Kier alpha value is -1.41. The van der Waals surface area contributed by atoms with Crippen molar-refractivity contribution in [3.8, 4) is 0 Å². The van der Waals surface area contributed by atoms with Crippen LogP contribution in [-0.4, -0.2) is 4.98 Å². The molecule has 2 heteroatoms. The molecule has 0 atom stereocenters. The molecule has 0 bridgehead atoms. The molecule has 0 radical (unpaired) electrons. The molecule has 0 unspecified atom stereocenters. The molecule has 2 N–H and O–H groups in total. The van der Waals surface area contributed by atoms with Gasteiger partial charge in [0.1, 0.15) is 0 Å². The first-order valence-electron chi connectivity index (χ1n) is 4.77. The molecular formula is C12H14N2. The summed E-state index contributed by atoms with van der Waals surface area (Å²) in [5, 5.41) is 2.44. The third kappa shape index (κ3) is 1.38. The fraction of sp³-hybridized carbons (Fsp3) is 0.250. The number of aromatic nitrogens is 1. The minimum Gasteiger partial charge on any atom is -0.325 e. The van der Waals surface area contributed by atoms with Crippen LogP contribution in [0.15, 0.2) is 24.4 Å². The van der Waals surface area contributed by atoms with Gasteiger partial charge in [0.2, 0.25) is 0 Å². The fourth-order valence-corrected chi connectivity index (χ4v) is 1.87. The van der Waals surface area contributed by atoms with Gasteiger partial charge in [0, 0.05) is 18.1 Å². The predicted molar refractivity (Wildman–Crippen MR) is 59.1 cm³/mol. The smallest absolute Gasteiger partial charge is 0.0617 e. The highest BCUT2D eigenvalue weighted by Crippen LogP contribution is 2.22. The Morgan fingerprint density at radius 2 is 2.00 bits per heavy atom. The lowest BCUT2D eigenvalue weighted by atomic mass is 10.0. The number of nitrogens with two attached hydrogens (primary N) is 1. The van der Waals surface area contributed by atoms with E-state index >= 15 is 0 Å². The lowest BCUT2D eigenvalue weighted by Crippen LogP contribution is -2.00. The average molecular weight is 186 g/mol. The Balaban J connectivity index is 2.86. The number of fused-ring (bicyclic) bond motifs is 1. The van der Waals surface area contributed by atoms with Crippen LogP contribution in [0.1, 0.15) is 16.8 Å². The second-order valence-corrected chi connectivity index (χ2v) is 3.64. The van der Waals surface area contributed by atoms with Crippen LogP contribution in [0.5, 0.6) is 0 Å². The molecule has 0 saturated heterocycles. The van der Waals surface area contributed by atoms with E-state index in [1.807, 2.05) is 12.3 Å². The van der Waals surface area contributed by atoms with Crippen LogP contribution >= 0.6 is 0 Å². The van der Waals surface area contributed by atoms with Crippen molar-refractivity contribution < 1.29 is 0 Å². The van der Waals surface area contributed by atoms with Gasteiger partial charge in [-0.25, -0.2) is 0 Å². The summed E-state index contributed by atoms with van der Waals surface area (Å²) in [7, 11) is 0. The average Bonchev–Trinajstić information content (AvgIpc) is 2.17. The van der Waals surface area contributed by atoms with Gasteiger partial charge in [-0.05, 0) is 36.9 Å². The predicted octanol–water partition coefficient (Wildman–Crippen LogP) is 2.31. The monoisotopic (exact) mass is 186 g/mol. The Morgan fingerprint density at radius 3 is 2.71 bits per heavy atom. The number of pyridine rings is 1. The quantitative estimate of drug-likeness (QED) is 0.742. The molecular weight excluding hydrogens is 172 g/mol. The molecule has 0 spiro atoms. The minimum absolute atomic E-state index is 0.500. The molecule has 1 aromatic carbocycles. The number of nitrogens with zero attached hydrogens (tertiary/aromatic N) is 1. The van der Waals surface area contributed by atoms with Crippen LogP contribution < -0.4 is 5.73 Å². The summed E-state index contributed by atoms with van der Waals surface area (Å²) < 4.78 is 0. The van der Waals surface area contributed by atoms with Crippen molar-refractivity contribution in [2.24, 2.45) is 5.73 Å². The molecule has 0 fully saturated rings. The van der Waals surface area contributed by atoms with Crippen molar-refractivity contribution in [2.75, 3.05) is 0 Å². The van der Waals surface area contributed by atoms with Crippen LogP contribution in [0.4, 0.5) is 0 Å². The van der Waals surface area contributed by atoms with Gasteiger partial charge in [-0.2, -0.15) is 0 Å². The third-order valence-electron chi connectivity index (χ3n) is 2.51. The van der Waals surface area contributed by atoms with Crippen molar-refractivity contribution in [3.05, 3.63) is 41.2 Å². The van der Waals surface area contributed by atoms with E-state index in [1.165, 1.54) is 21.9 Å². The summed E-state index contributed by atoms with van der Waals surface area (Å²) in [5.74, 6) is 0. The van der Waals surface area contributed by atoms with E-state index in [0.717, 1.165) is 5.69 Å². The van der Waals surface area contributed by atoms with Gasteiger partial charge in [-0.15, -0.1) is 0 Å². The van der Waals surface area contributed by atoms with Gasteiger partial charge in [0.15, 0.2) is 0 Å². The summed E-state index contributed by atoms with van der Waals surface area (Å²) in [5.41, 5.74) is 9.19. The number of hydrogen-bond acceptors (Lipinski definition) is 2. The largest absolute Gasteiger partial charge is 0.325 e. The zero-order chi connectivity index (χ0) is 10.1. The van der Waals surface area contributed by atoms with E-state index in [0.29, 0.717) is 6.54 Å². The first kappa shape index (κ1) is 9.16. The Kier molecular flexibility index (Phi) is 2.22. The Morgan fingerprint density at radius 1 is 1.21 bits per heavy atom. The van der Waals surface area contributed by atoms with Crippen LogP contribution in [-0.2, 0) is 6.54 Å². The molecule has 1 heterocycles. The van der Waals surface area contributed by atoms with Crippen LogP contribution in [0.3, 0.4) is 0 Å². The normalized spacial score (nSPS) is 10.8. The van der Waals surface area contributed by atoms with Gasteiger partial charge in [-0.1, -0.05) is 11.6 Å². The van der Waals surface area contributed by atoms with Gasteiger partial charge < -0.3 is 5.73 Å². The maximum absolute atomic E-state index is 5.65. The Bertz CT molecular complexity index is 475. The van der Waals surface area contributed by atoms with Gasteiger partial charge >= 0.3 is 0 Å². The second-order valence-electron chi connectivity index (χ2n) is 3.64. The van der Waals surface area contributed by atoms with Crippen molar-refractivity contribution in [1.29, 1.82) is 0 Å². The summed E-state index contributed by atoms with van der Waals surface area (Å²) in [6.45, 7) is 4.72. The molecule has 72 valence electrons. The maximum Gasteiger partial charge on any atom is 0.0617 e. The lowest BCUT2D eigenvalue weighted by Gasteiger charge is -2.07. The van der Waals surface area contributed by atoms with Gasteiger partial charge in [0.25, 0.3) is 0 Å². The highest BCUT2D eigenvalue weighted by atomic mass is 14.7. The number of hydrogen-bond donors (Lipinski definition) is 1. The SMILES string of the molecule is Cc1cc(C)c2ccnc(CN)c2c1. The van der Waals surface area contributed by atoms with E-state index in [1.54, 1.807) is 0 Å². The van der Waals surface area contributed by atoms with E-state index in [4.69, 9.17) is 5.73 Å². The van der Waals surface area contributed by atoms with Gasteiger partial charge in [0.05, 0.1) is 5.69 Å². The molecule has 0 aliphatic rings. The highest BCUT2D eigenvalue weighted by Gasteiger charge is 2.03. The van der Waals surface area contributed by atoms with E-state index in [-0.39, 0.29) is 0 Å². The van der Waals surface area contributed by atoms with E-state index in [9.17, 15) is 0 Å². The first-order chi connectivity index (χ1) is 6.72. The summed E-state index contributed by atoms with van der Waals surface area (Å²) in [6, 6.07) is 6.38. The first-order valence-corrected chi connectivity index (χ1v) is 4.77. The van der Waals surface area contributed by atoms with Crippen molar-refractivity contribution >= 4 is 10.8 Å². The topological polar surface area (TPSA) is 38.9 Å². The third-order valence-corrected chi connectivity index (χ3v) is 2.51. The van der Waals surface area contributed by atoms with Crippen LogP contribution in [0.25, 0.3) is 10.8 Å². The minimum atomic E-state index is 0.500. The van der Waals surface area contributed by atoms with Crippen molar-refractivity contribution in [1.82, 2.24) is 4.98 Å². The van der Waals surface area contributed by atoms with Crippen LogP contribution in [0.2, 0.25) is 0 Å². The fourth-order valence-electron chi connectivity index (χ4n) is 1.87. The molecule has 14 heavy (non-hydrogen) atoms. The number of aryl methyl sites for hydroxylation is 2. The van der Waals surface area contributed by atoms with E-state index < -0.39 is 0 Å². The van der Waals surface area contributed by atoms with E-state index in [2.05, 4.69) is 31.0 Å². The molecule has 0 amide bonds. The lowest BCUT2D eigenvalue weighted by molar-refractivity contribution is 1.01. The zero-order valence-electron chi connectivity index (χ0n) is 8.54. The molecule has 1 aromatic heterocycles. The maximum atomic E-state index is 5.65. The van der Waals surface area contributed by atoms with Crippen LogP contribution in [0, 0.1) is 13.8 Å². The summed E-state index contributed by atoms with van der Waals surface area (Å²) in [6.07, 6.45) is 1.83. The molecule has 0 aliphatic heterocycles. The summed E-state index contributed by atoms with van der Waals surface area (Å²) in [4.78, 5) is 4.28. The molecule has 2 rings (SSSR count). The molecule has 2 aromatic rings. The highest BCUT2D eigenvalue weighted by molar-refractivity contribution is 5.87. The number of rotatable bonds is 1. The standard InChI is InChI=1S/C12H14N2/c1-8-5-9(2)10-3-4-14-12(7-13)11(10)6-8/h3-6H,7,13H2,1-2H3. The zero-order valence-corrected chi connectivity index (χ0v) is 8.54. The molecule has 0 aliphatic carbocycles. The Labute approximate surface area is 83.8 Å². The molecule has 0 saturated carbocycles.